The van der Waals surface area contributed by atoms with Gasteiger partial charge in [0.05, 0.1) is 24.7 Å². The summed E-state index contributed by atoms with van der Waals surface area (Å²) in [6, 6.07) is 15.8. The Hall–Kier alpha value is -1.84. The van der Waals surface area contributed by atoms with Crippen LogP contribution in [0.4, 0.5) is 0 Å². The number of hydrogen-bond donors (Lipinski definition) is 0. The minimum absolute atomic E-state index is 0.125. The summed E-state index contributed by atoms with van der Waals surface area (Å²) in [6.45, 7) is 3.72. The number of nitrogens with zero attached hydrogens (tertiary/aromatic N) is 1. The van der Waals surface area contributed by atoms with E-state index in [0.717, 1.165) is 16.7 Å². The van der Waals surface area contributed by atoms with Gasteiger partial charge in [-0.05, 0) is 24.1 Å². The number of hydrogen-bond acceptors (Lipinski definition) is 2. The fraction of sp³-hybridized carbons (Fsp3) is 0.316. The first-order chi connectivity index (χ1) is 11.1. The number of benzene rings is 2. The zero-order valence-electron chi connectivity index (χ0n) is 13.0. The van der Waals surface area contributed by atoms with E-state index in [1.54, 1.807) is 0 Å². The molecule has 4 heteroatoms. The number of fused-ring (bicyclic) bond motifs is 3. The van der Waals surface area contributed by atoms with Crippen LogP contribution in [0.1, 0.15) is 29.5 Å². The standard InChI is InChI=1S/C19H18ClNO2/c1-19-12-21(10-13-6-3-2-4-7-13)18(22)17(19)14-8-5-9-16(20)15(14)11-23-19/h2-9,17H,10-12H2,1H3/t17?,19-/m0/s1. The van der Waals surface area contributed by atoms with Gasteiger partial charge in [-0.2, -0.15) is 0 Å². The lowest BCUT2D eigenvalue weighted by molar-refractivity contribution is -0.131. The molecule has 0 aliphatic carbocycles. The molecule has 2 aliphatic heterocycles. The average molecular weight is 328 g/mol. The van der Waals surface area contributed by atoms with Gasteiger partial charge in [-0.3, -0.25) is 4.79 Å². The van der Waals surface area contributed by atoms with Crippen molar-refractivity contribution >= 4 is 17.5 Å². The van der Waals surface area contributed by atoms with E-state index in [9.17, 15) is 4.79 Å². The Labute approximate surface area is 140 Å². The Kier molecular flexibility index (Phi) is 3.43. The maximum absolute atomic E-state index is 13.0. The van der Waals surface area contributed by atoms with Crippen molar-refractivity contribution in [2.45, 2.75) is 31.6 Å². The first-order valence-electron chi connectivity index (χ1n) is 7.82. The second kappa shape index (κ2) is 5.36. The molecular weight excluding hydrogens is 310 g/mol. The molecule has 0 radical (unpaired) electrons. The fourth-order valence-corrected chi connectivity index (χ4v) is 3.99. The molecule has 118 valence electrons. The van der Waals surface area contributed by atoms with Crippen molar-refractivity contribution < 1.29 is 9.53 Å². The molecule has 1 unspecified atom stereocenters. The lowest BCUT2D eigenvalue weighted by atomic mass is 9.81. The summed E-state index contributed by atoms with van der Waals surface area (Å²) in [5, 5.41) is 0.679. The summed E-state index contributed by atoms with van der Waals surface area (Å²) < 4.78 is 6.09. The van der Waals surface area contributed by atoms with Gasteiger partial charge in [0.25, 0.3) is 0 Å². The van der Waals surface area contributed by atoms with Crippen molar-refractivity contribution in [3.8, 4) is 0 Å². The van der Waals surface area contributed by atoms with Crippen molar-refractivity contribution in [1.29, 1.82) is 0 Å². The molecule has 2 heterocycles. The van der Waals surface area contributed by atoms with Crippen LogP contribution in [0.2, 0.25) is 5.02 Å². The van der Waals surface area contributed by atoms with Crippen molar-refractivity contribution in [3.05, 3.63) is 70.2 Å². The molecule has 0 N–H and O–H groups in total. The smallest absolute Gasteiger partial charge is 0.233 e. The van der Waals surface area contributed by atoms with Gasteiger partial charge >= 0.3 is 0 Å². The SMILES string of the molecule is C[C@]12CN(Cc3ccccc3)C(=O)C1c1cccc(Cl)c1CO2. The summed E-state index contributed by atoms with van der Waals surface area (Å²) >= 11 is 6.29. The fourth-order valence-electron chi connectivity index (χ4n) is 3.76. The third kappa shape index (κ3) is 2.35. The van der Waals surface area contributed by atoms with Gasteiger partial charge in [0.1, 0.15) is 0 Å². The predicted octanol–water partition coefficient (Wildman–Crippen LogP) is 3.75. The summed E-state index contributed by atoms with van der Waals surface area (Å²) in [5.74, 6) is -0.145. The van der Waals surface area contributed by atoms with E-state index in [-0.39, 0.29) is 11.8 Å². The first kappa shape index (κ1) is 14.7. The van der Waals surface area contributed by atoms with E-state index >= 15 is 0 Å². The van der Waals surface area contributed by atoms with E-state index in [1.165, 1.54) is 0 Å². The Balaban J connectivity index is 1.69. The van der Waals surface area contributed by atoms with Gasteiger partial charge in [0.2, 0.25) is 5.91 Å². The van der Waals surface area contributed by atoms with Gasteiger partial charge in [-0.25, -0.2) is 0 Å². The molecular formula is C19H18ClNO2. The van der Waals surface area contributed by atoms with E-state index in [1.807, 2.05) is 60.4 Å². The van der Waals surface area contributed by atoms with Gasteiger partial charge in [0.15, 0.2) is 0 Å². The van der Waals surface area contributed by atoms with Crippen molar-refractivity contribution in [2.75, 3.05) is 6.54 Å². The van der Waals surface area contributed by atoms with Crippen molar-refractivity contribution in [3.63, 3.8) is 0 Å². The lowest BCUT2D eigenvalue weighted by Crippen LogP contribution is -2.40. The number of likely N-dealkylation sites (tertiary alicyclic amines) is 1. The van der Waals surface area contributed by atoms with Crippen molar-refractivity contribution in [2.24, 2.45) is 0 Å². The highest BCUT2D eigenvalue weighted by molar-refractivity contribution is 6.31. The third-order valence-corrected chi connectivity index (χ3v) is 5.26. The topological polar surface area (TPSA) is 29.5 Å². The van der Waals surface area contributed by atoms with Crippen LogP contribution < -0.4 is 0 Å². The van der Waals surface area contributed by atoms with Crippen LogP contribution in [0.3, 0.4) is 0 Å². The summed E-state index contributed by atoms with van der Waals surface area (Å²) in [5.41, 5.74) is 2.62. The van der Waals surface area contributed by atoms with Gasteiger partial charge in [0, 0.05) is 17.1 Å². The predicted molar refractivity (Wildman–Crippen MR) is 89.2 cm³/mol. The number of amides is 1. The number of ether oxygens (including phenoxy) is 1. The van der Waals surface area contributed by atoms with E-state index in [0.29, 0.717) is 24.7 Å². The highest BCUT2D eigenvalue weighted by Gasteiger charge is 2.53. The Morgan fingerprint density at radius 2 is 2.00 bits per heavy atom. The Morgan fingerprint density at radius 1 is 1.22 bits per heavy atom. The molecule has 1 fully saturated rings. The molecule has 1 amide bonds. The van der Waals surface area contributed by atoms with Crippen LogP contribution in [0.15, 0.2) is 48.5 Å². The second-order valence-electron chi connectivity index (χ2n) is 6.52. The van der Waals surface area contributed by atoms with Crippen LogP contribution in [-0.2, 0) is 22.7 Å². The molecule has 2 aromatic carbocycles. The quantitative estimate of drug-likeness (QED) is 0.840. The normalized spacial score (nSPS) is 26.1. The maximum Gasteiger partial charge on any atom is 0.233 e. The van der Waals surface area contributed by atoms with E-state index in [2.05, 4.69) is 0 Å². The van der Waals surface area contributed by atoms with Gasteiger partial charge < -0.3 is 9.64 Å². The molecule has 0 aromatic heterocycles. The van der Waals surface area contributed by atoms with Crippen LogP contribution in [0.25, 0.3) is 0 Å². The van der Waals surface area contributed by atoms with Crippen LogP contribution in [0, 0.1) is 0 Å². The monoisotopic (exact) mass is 327 g/mol. The highest BCUT2D eigenvalue weighted by atomic mass is 35.5. The molecule has 2 atom stereocenters. The van der Waals surface area contributed by atoms with Crippen molar-refractivity contribution in [1.82, 2.24) is 4.90 Å². The highest BCUT2D eigenvalue weighted by Crippen LogP contribution is 2.46. The molecule has 4 rings (SSSR count). The molecule has 1 saturated heterocycles. The van der Waals surface area contributed by atoms with Crippen LogP contribution >= 0.6 is 11.6 Å². The minimum Gasteiger partial charge on any atom is -0.368 e. The third-order valence-electron chi connectivity index (χ3n) is 4.90. The lowest BCUT2D eigenvalue weighted by Gasteiger charge is -2.35. The summed E-state index contributed by atoms with van der Waals surface area (Å²) in [6.07, 6.45) is 0. The maximum atomic E-state index is 13.0. The number of carbonyl (C=O) groups excluding carboxylic acids is 1. The van der Waals surface area contributed by atoms with Gasteiger partial charge in [-0.1, -0.05) is 54.1 Å². The molecule has 23 heavy (non-hydrogen) atoms. The molecule has 3 nitrogen and oxygen atoms in total. The Bertz CT molecular complexity index is 761. The number of rotatable bonds is 2. The van der Waals surface area contributed by atoms with Crippen LogP contribution in [0.5, 0.6) is 0 Å². The zero-order valence-corrected chi connectivity index (χ0v) is 13.7. The second-order valence-corrected chi connectivity index (χ2v) is 6.93. The molecule has 2 aliphatic rings. The van der Waals surface area contributed by atoms with Crippen LogP contribution in [-0.4, -0.2) is 23.0 Å². The number of halogens is 1. The molecule has 2 aromatic rings. The summed E-state index contributed by atoms with van der Waals surface area (Å²) in [7, 11) is 0. The molecule has 0 spiro atoms. The van der Waals surface area contributed by atoms with E-state index < -0.39 is 5.60 Å². The first-order valence-corrected chi connectivity index (χ1v) is 8.20. The average Bonchev–Trinajstić information content (AvgIpc) is 2.80. The minimum atomic E-state index is -0.483. The zero-order chi connectivity index (χ0) is 16.0. The molecule has 0 bridgehead atoms. The van der Waals surface area contributed by atoms with E-state index in [4.69, 9.17) is 16.3 Å². The van der Waals surface area contributed by atoms with Gasteiger partial charge in [-0.15, -0.1) is 0 Å². The Morgan fingerprint density at radius 3 is 2.78 bits per heavy atom. The number of carbonyl (C=O) groups is 1. The summed E-state index contributed by atoms with van der Waals surface area (Å²) in [4.78, 5) is 14.9. The largest absolute Gasteiger partial charge is 0.368 e. The molecule has 0 saturated carbocycles.